The molecule has 0 spiro atoms. The van der Waals surface area contributed by atoms with E-state index in [1.165, 1.54) is 5.56 Å². The third-order valence-corrected chi connectivity index (χ3v) is 4.84. The maximum Gasteiger partial charge on any atom is 0.359 e. The largest absolute Gasteiger partial charge is 0.476 e. The molecule has 0 bridgehead atoms. The van der Waals surface area contributed by atoms with Gasteiger partial charge >= 0.3 is 5.97 Å². The van der Waals surface area contributed by atoms with Gasteiger partial charge in [-0.25, -0.2) is 9.89 Å². The number of carbonyl (C=O) groups is 1. The summed E-state index contributed by atoms with van der Waals surface area (Å²) in [7, 11) is 0. The van der Waals surface area contributed by atoms with Crippen LogP contribution in [0.3, 0.4) is 0 Å². The zero-order valence-corrected chi connectivity index (χ0v) is 13.6. The van der Waals surface area contributed by atoms with Gasteiger partial charge in [0.15, 0.2) is 0 Å². The van der Waals surface area contributed by atoms with Crippen LogP contribution in [0, 0.1) is 0 Å². The number of halogens is 2. The fourth-order valence-corrected chi connectivity index (χ4v) is 3.18. The molecule has 0 atom stereocenters. The number of rotatable bonds is 4. The molecule has 3 rings (SSSR count). The van der Waals surface area contributed by atoms with Crippen molar-refractivity contribution in [3.8, 4) is 5.88 Å². The SMILES string of the molecule is O=C(O)c1[nH]nnc1O[C@H]1CC[C@H](c2ccc(Cl)c(Cl)c2)CC1. The first-order valence-electron chi connectivity index (χ1n) is 7.30. The smallest absolute Gasteiger partial charge is 0.359 e. The molecule has 1 fully saturated rings. The van der Waals surface area contributed by atoms with Gasteiger partial charge in [0, 0.05) is 0 Å². The molecule has 23 heavy (non-hydrogen) atoms. The van der Waals surface area contributed by atoms with Crippen LogP contribution in [0.5, 0.6) is 5.88 Å². The molecule has 122 valence electrons. The fraction of sp³-hybridized carbons (Fsp3) is 0.400. The van der Waals surface area contributed by atoms with Crippen LogP contribution in [0.2, 0.25) is 10.0 Å². The summed E-state index contributed by atoms with van der Waals surface area (Å²) in [6, 6.07) is 5.73. The Morgan fingerprint density at radius 2 is 1.96 bits per heavy atom. The second-order valence-corrected chi connectivity index (χ2v) is 6.38. The van der Waals surface area contributed by atoms with Crippen molar-refractivity contribution in [2.24, 2.45) is 0 Å². The van der Waals surface area contributed by atoms with Crippen LogP contribution in [0.4, 0.5) is 0 Å². The summed E-state index contributed by atoms with van der Waals surface area (Å²) >= 11 is 12.0. The van der Waals surface area contributed by atoms with Gasteiger partial charge in [-0.1, -0.05) is 39.6 Å². The lowest BCUT2D eigenvalue weighted by Crippen LogP contribution is -2.24. The Hall–Kier alpha value is -1.79. The van der Waals surface area contributed by atoms with E-state index in [1.54, 1.807) is 0 Å². The molecule has 0 unspecified atom stereocenters. The molecule has 2 aromatic rings. The summed E-state index contributed by atoms with van der Waals surface area (Å²) in [6.07, 6.45) is 3.44. The maximum absolute atomic E-state index is 11.0. The zero-order valence-electron chi connectivity index (χ0n) is 12.1. The Morgan fingerprint density at radius 3 is 2.61 bits per heavy atom. The van der Waals surface area contributed by atoms with Crippen molar-refractivity contribution in [3.05, 3.63) is 39.5 Å². The number of hydrogen-bond donors (Lipinski definition) is 2. The Labute approximate surface area is 142 Å². The number of aromatic carboxylic acids is 1. The predicted molar refractivity (Wildman–Crippen MR) is 85.4 cm³/mol. The van der Waals surface area contributed by atoms with E-state index < -0.39 is 5.97 Å². The number of nitrogens with one attached hydrogen (secondary N) is 1. The second kappa shape index (κ2) is 6.76. The van der Waals surface area contributed by atoms with Gasteiger partial charge < -0.3 is 9.84 Å². The van der Waals surface area contributed by atoms with Crippen LogP contribution in [0.25, 0.3) is 0 Å². The number of carboxylic acids is 1. The third kappa shape index (κ3) is 3.59. The predicted octanol–water partition coefficient (Wildman–Crippen LogP) is 3.91. The summed E-state index contributed by atoms with van der Waals surface area (Å²) in [6.45, 7) is 0. The molecule has 1 saturated carbocycles. The highest BCUT2D eigenvalue weighted by Gasteiger charge is 2.26. The Bertz CT molecular complexity index is 712. The number of carboxylic acid groups (broad SMARTS) is 1. The van der Waals surface area contributed by atoms with E-state index in [9.17, 15) is 4.79 Å². The van der Waals surface area contributed by atoms with Gasteiger partial charge in [-0.2, -0.15) is 0 Å². The van der Waals surface area contributed by atoms with Gasteiger partial charge in [0.1, 0.15) is 6.10 Å². The van der Waals surface area contributed by atoms with Gasteiger partial charge in [0.2, 0.25) is 5.69 Å². The molecule has 0 aliphatic heterocycles. The molecule has 1 aromatic heterocycles. The molecular formula is C15H15Cl2N3O3. The average molecular weight is 356 g/mol. The van der Waals surface area contributed by atoms with Gasteiger partial charge in [-0.3, -0.25) is 0 Å². The van der Waals surface area contributed by atoms with E-state index in [4.69, 9.17) is 33.0 Å². The molecule has 6 nitrogen and oxygen atoms in total. The van der Waals surface area contributed by atoms with E-state index in [0.29, 0.717) is 16.0 Å². The van der Waals surface area contributed by atoms with Crippen molar-refractivity contribution in [1.29, 1.82) is 0 Å². The Morgan fingerprint density at radius 1 is 1.22 bits per heavy atom. The fourth-order valence-electron chi connectivity index (χ4n) is 2.88. The molecule has 1 aromatic carbocycles. The molecule has 1 aliphatic carbocycles. The lowest BCUT2D eigenvalue weighted by molar-refractivity contribution is 0.0678. The minimum atomic E-state index is -1.13. The lowest BCUT2D eigenvalue weighted by atomic mass is 9.83. The number of H-pyrrole nitrogens is 1. The van der Waals surface area contributed by atoms with E-state index in [-0.39, 0.29) is 17.7 Å². The number of ether oxygens (including phenoxy) is 1. The van der Waals surface area contributed by atoms with Crippen molar-refractivity contribution in [2.45, 2.75) is 37.7 Å². The number of aromatic nitrogens is 3. The number of nitrogens with zero attached hydrogens (tertiary/aromatic N) is 2. The van der Waals surface area contributed by atoms with Gasteiger partial charge in [0.25, 0.3) is 5.88 Å². The van der Waals surface area contributed by atoms with Crippen molar-refractivity contribution in [3.63, 3.8) is 0 Å². The van der Waals surface area contributed by atoms with Crippen molar-refractivity contribution in [2.75, 3.05) is 0 Å². The van der Waals surface area contributed by atoms with Crippen LogP contribution in [-0.2, 0) is 0 Å². The number of aromatic amines is 1. The quantitative estimate of drug-likeness (QED) is 0.867. The molecule has 2 N–H and O–H groups in total. The lowest BCUT2D eigenvalue weighted by Gasteiger charge is -2.28. The van der Waals surface area contributed by atoms with E-state index in [2.05, 4.69) is 15.4 Å². The first kappa shape index (κ1) is 16.1. The van der Waals surface area contributed by atoms with Crippen LogP contribution in [-0.4, -0.2) is 32.6 Å². The van der Waals surface area contributed by atoms with Gasteiger partial charge in [0.05, 0.1) is 10.0 Å². The standard InChI is InChI=1S/C15H15Cl2N3O3/c16-11-6-3-9(7-12(11)17)8-1-4-10(5-2-8)23-14-13(15(21)22)18-20-19-14/h3,6-8,10H,1-2,4-5H2,(H,21,22)(H,18,19,20)/t8-,10-. The summed E-state index contributed by atoms with van der Waals surface area (Å²) in [5.74, 6) is -0.675. The van der Waals surface area contributed by atoms with E-state index in [0.717, 1.165) is 25.7 Å². The van der Waals surface area contributed by atoms with E-state index >= 15 is 0 Å². The van der Waals surface area contributed by atoms with Crippen LogP contribution in [0.1, 0.15) is 47.7 Å². The molecule has 1 aliphatic rings. The topological polar surface area (TPSA) is 88.1 Å². The van der Waals surface area contributed by atoms with Gasteiger partial charge in [-0.15, -0.1) is 0 Å². The minimum absolute atomic E-state index is 0.0514. The molecular weight excluding hydrogens is 341 g/mol. The van der Waals surface area contributed by atoms with Crippen LogP contribution < -0.4 is 4.74 Å². The zero-order chi connectivity index (χ0) is 16.4. The first-order valence-corrected chi connectivity index (χ1v) is 8.06. The highest BCUT2D eigenvalue weighted by molar-refractivity contribution is 6.42. The summed E-state index contributed by atoms with van der Waals surface area (Å²) in [5.41, 5.74) is 1.06. The molecule has 1 heterocycles. The Kier molecular flexibility index (Phi) is 4.73. The Balaban J connectivity index is 1.61. The maximum atomic E-state index is 11.0. The molecule has 0 radical (unpaired) electrons. The second-order valence-electron chi connectivity index (χ2n) is 5.56. The van der Waals surface area contributed by atoms with Gasteiger partial charge in [-0.05, 0) is 49.3 Å². The first-order chi connectivity index (χ1) is 11.0. The van der Waals surface area contributed by atoms with Crippen molar-refractivity contribution >= 4 is 29.2 Å². The summed E-state index contributed by atoms with van der Waals surface area (Å²) in [5, 5.41) is 19.6. The molecule has 8 heteroatoms. The van der Waals surface area contributed by atoms with E-state index in [1.807, 2.05) is 18.2 Å². The molecule has 0 amide bonds. The highest BCUT2D eigenvalue weighted by Crippen LogP contribution is 2.36. The van der Waals surface area contributed by atoms with Crippen LogP contribution in [0.15, 0.2) is 18.2 Å². The van der Waals surface area contributed by atoms with Crippen molar-refractivity contribution < 1.29 is 14.6 Å². The number of hydrogen-bond acceptors (Lipinski definition) is 4. The highest BCUT2D eigenvalue weighted by atomic mass is 35.5. The van der Waals surface area contributed by atoms with Crippen LogP contribution >= 0.6 is 23.2 Å². The average Bonchev–Trinajstić information content (AvgIpc) is 2.99. The third-order valence-electron chi connectivity index (χ3n) is 4.10. The normalized spacial score (nSPS) is 21.1. The monoisotopic (exact) mass is 355 g/mol. The summed E-state index contributed by atoms with van der Waals surface area (Å²) < 4.78 is 5.68. The summed E-state index contributed by atoms with van der Waals surface area (Å²) in [4.78, 5) is 11.0. The van der Waals surface area contributed by atoms with Crippen molar-refractivity contribution in [1.82, 2.24) is 15.4 Å². The molecule has 0 saturated heterocycles. The number of benzene rings is 1. The minimum Gasteiger partial charge on any atom is -0.476 e.